The Morgan fingerprint density at radius 1 is 1.32 bits per heavy atom. The SMILES string of the molecule is Cc1cccc([C@H](C)Sc2nnc(C3CCOCC3)n2N)c1. The Morgan fingerprint density at radius 3 is 2.82 bits per heavy atom. The number of nitrogens with two attached hydrogens (primary N) is 1. The molecule has 1 aliphatic heterocycles. The Labute approximate surface area is 135 Å². The van der Waals surface area contributed by atoms with E-state index in [-0.39, 0.29) is 5.25 Å². The Kier molecular flexibility index (Phi) is 4.69. The number of nitrogen functional groups attached to an aromatic ring is 1. The summed E-state index contributed by atoms with van der Waals surface area (Å²) < 4.78 is 7.06. The summed E-state index contributed by atoms with van der Waals surface area (Å²) in [5, 5.41) is 9.66. The standard InChI is InChI=1S/C16H22N4OS/c1-11-4-3-5-14(10-11)12(2)22-16-19-18-15(20(16)17)13-6-8-21-9-7-13/h3-5,10,12-13H,6-9,17H2,1-2H3/t12-/m0/s1. The molecule has 2 N–H and O–H groups in total. The lowest BCUT2D eigenvalue weighted by Gasteiger charge is -2.21. The highest BCUT2D eigenvalue weighted by molar-refractivity contribution is 7.99. The van der Waals surface area contributed by atoms with Crippen molar-refractivity contribution in [2.45, 2.75) is 43.0 Å². The number of hydrogen-bond acceptors (Lipinski definition) is 5. The van der Waals surface area contributed by atoms with Crippen LogP contribution in [0.5, 0.6) is 0 Å². The first-order valence-corrected chi connectivity index (χ1v) is 8.54. The molecule has 0 bridgehead atoms. The minimum absolute atomic E-state index is 0.286. The molecule has 5 nitrogen and oxygen atoms in total. The van der Waals surface area contributed by atoms with Crippen LogP contribution in [0.25, 0.3) is 0 Å². The molecule has 0 saturated carbocycles. The molecule has 3 rings (SSSR count). The van der Waals surface area contributed by atoms with E-state index in [9.17, 15) is 0 Å². The van der Waals surface area contributed by atoms with Gasteiger partial charge in [-0.25, -0.2) is 4.68 Å². The second-order valence-electron chi connectivity index (χ2n) is 5.77. The molecular weight excluding hydrogens is 296 g/mol. The summed E-state index contributed by atoms with van der Waals surface area (Å²) in [5.41, 5.74) is 2.54. The van der Waals surface area contributed by atoms with E-state index >= 15 is 0 Å². The average molecular weight is 318 g/mol. The van der Waals surface area contributed by atoms with Crippen molar-refractivity contribution in [3.8, 4) is 0 Å². The minimum Gasteiger partial charge on any atom is -0.381 e. The summed E-state index contributed by atoms with van der Waals surface area (Å²) >= 11 is 1.65. The smallest absolute Gasteiger partial charge is 0.210 e. The number of ether oxygens (including phenoxy) is 1. The molecule has 0 radical (unpaired) electrons. The monoisotopic (exact) mass is 318 g/mol. The molecule has 2 heterocycles. The summed E-state index contributed by atoms with van der Waals surface area (Å²) in [6.07, 6.45) is 1.93. The Hall–Kier alpha value is -1.53. The summed E-state index contributed by atoms with van der Waals surface area (Å²) in [7, 11) is 0. The average Bonchev–Trinajstić information content (AvgIpc) is 2.89. The molecule has 1 saturated heterocycles. The van der Waals surface area contributed by atoms with Gasteiger partial charge in [0.25, 0.3) is 0 Å². The highest BCUT2D eigenvalue weighted by Crippen LogP contribution is 2.35. The first-order chi connectivity index (χ1) is 10.6. The van der Waals surface area contributed by atoms with E-state index in [0.29, 0.717) is 5.92 Å². The fraction of sp³-hybridized carbons (Fsp3) is 0.500. The minimum atomic E-state index is 0.286. The number of rotatable bonds is 4. The fourth-order valence-corrected chi connectivity index (χ4v) is 3.65. The van der Waals surface area contributed by atoms with Gasteiger partial charge in [-0.3, -0.25) is 0 Å². The van der Waals surface area contributed by atoms with Gasteiger partial charge in [-0.2, -0.15) is 0 Å². The summed E-state index contributed by atoms with van der Waals surface area (Å²) in [4.78, 5) is 0. The molecule has 0 aliphatic carbocycles. The van der Waals surface area contributed by atoms with Gasteiger partial charge in [0.05, 0.1) is 0 Å². The number of hydrogen-bond donors (Lipinski definition) is 1. The zero-order valence-corrected chi connectivity index (χ0v) is 13.8. The van der Waals surface area contributed by atoms with Crippen molar-refractivity contribution in [3.63, 3.8) is 0 Å². The number of aromatic nitrogens is 3. The van der Waals surface area contributed by atoms with Crippen molar-refractivity contribution in [3.05, 3.63) is 41.2 Å². The van der Waals surface area contributed by atoms with Gasteiger partial charge < -0.3 is 10.6 Å². The zero-order chi connectivity index (χ0) is 15.5. The van der Waals surface area contributed by atoms with Crippen LogP contribution in [0.15, 0.2) is 29.4 Å². The van der Waals surface area contributed by atoms with Gasteiger partial charge in [0.15, 0.2) is 5.82 Å². The second kappa shape index (κ2) is 6.71. The van der Waals surface area contributed by atoms with Gasteiger partial charge >= 0.3 is 0 Å². The lowest BCUT2D eigenvalue weighted by molar-refractivity contribution is 0.0830. The molecular formula is C16H22N4OS. The van der Waals surface area contributed by atoms with Crippen molar-refractivity contribution in [2.75, 3.05) is 19.1 Å². The lowest BCUT2D eigenvalue weighted by atomic mass is 10.00. The van der Waals surface area contributed by atoms with Crippen molar-refractivity contribution < 1.29 is 4.74 Å². The number of benzene rings is 1. The van der Waals surface area contributed by atoms with E-state index in [1.54, 1.807) is 16.4 Å². The van der Waals surface area contributed by atoms with Gasteiger partial charge in [0, 0.05) is 24.4 Å². The molecule has 1 aromatic carbocycles. The lowest BCUT2D eigenvalue weighted by Crippen LogP contribution is -2.22. The van der Waals surface area contributed by atoms with E-state index in [2.05, 4.69) is 48.3 Å². The third-order valence-electron chi connectivity index (χ3n) is 4.07. The highest BCUT2D eigenvalue weighted by Gasteiger charge is 2.23. The highest BCUT2D eigenvalue weighted by atomic mass is 32.2. The molecule has 0 amide bonds. The maximum Gasteiger partial charge on any atom is 0.210 e. The van der Waals surface area contributed by atoms with Gasteiger partial charge in [-0.1, -0.05) is 41.6 Å². The number of nitrogens with zero attached hydrogens (tertiary/aromatic N) is 3. The number of thioether (sulfide) groups is 1. The van der Waals surface area contributed by atoms with Gasteiger partial charge in [0.2, 0.25) is 5.16 Å². The van der Waals surface area contributed by atoms with Crippen LogP contribution in [0.2, 0.25) is 0 Å². The third-order valence-corrected chi connectivity index (χ3v) is 5.19. The summed E-state index contributed by atoms with van der Waals surface area (Å²) in [6, 6.07) is 8.54. The molecule has 6 heteroatoms. The predicted molar refractivity (Wildman–Crippen MR) is 88.4 cm³/mol. The molecule has 1 aromatic heterocycles. The maximum atomic E-state index is 6.22. The summed E-state index contributed by atoms with van der Waals surface area (Å²) in [6.45, 7) is 5.83. The first-order valence-electron chi connectivity index (χ1n) is 7.66. The Morgan fingerprint density at radius 2 is 2.09 bits per heavy atom. The fourth-order valence-electron chi connectivity index (χ4n) is 2.75. The second-order valence-corrected chi connectivity index (χ2v) is 7.08. The predicted octanol–water partition coefficient (Wildman–Crippen LogP) is 3.05. The van der Waals surface area contributed by atoms with Crippen LogP contribution in [0.3, 0.4) is 0 Å². The molecule has 22 heavy (non-hydrogen) atoms. The van der Waals surface area contributed by atoms with Crippen LogP contribution >= 0.6 is 11.8 Å². The van der Waals surface area contributed by atoms with Crippen LogP contribution in [-0.4, -0.2) is 28.1 Å². The molecule has 1 atom stereocenters. The van der Waals surface area contributed by atoms with Crippen LogP contribution in [0.1, 0.15) is 47.9 Å². The van der Waals surface area contributed by atoms with Gasteiger partial charge in [-0.05, 0) is 32.3 Å². The zero-order valence-electron chi connectivity index (χ0n) is 13.0. The number of aryl methyl sites for hydroxylation is 1. The van der Waals surface area contributed by atoms with E-state index in [1.807, 2.05) is 0 Å². The van der Waals surface area contributed by atoms with E-state index in [4.69, 9.17) is 10.6 Å². The topological polar surface area (TPSA) is 66.0 Å². The van der Waals surface area contributed by atoms with Gasteiger partial charge in [0.1, 0.15) is 0 Å². The molecule has 1 fully saturated rings. The van der Waals surface area contributed by atoms with E-state index in [0.717, 1.165) is 37.0 Å². The normalized spacial score (nSPS) is 17.5. The molecule has 0 unspecified atom stereocenters. The molecule has 118 valence electrons. The molecule has 0 spiro atoms. The van der Waals surface area contributed by atoms with Crippen LogP contribution < -0.4 is 5.84 Å². The quantitative estimate of drug-likeness (QED) is 0.693. The Bertz CT molecular complexity index is 637. The van der Waals surface area contributed by atoms with E-state index < -0.39 is 0 Å². The van der Waals surface area contributed by atoms with Crippen LogP contribution in [0, 0.1) is 6.92 Å². The van der Waals surface area contributed by atoms with Crippen molar-refractivity contribution in [2.24, 2.45) is 0 Å². The van der Waals surface area contributed by atoms with Crippen molar-refractivity contribution in [1.29, 1.82) is 0 Å². The largest absolute Gasteiger partial charge is 0.381 e. The van der Waals surface area contributed by atoms with E-state index in [1.165, 1.54) is 11.1 Å². The maximum absolute atomic E-state index is 6.22. The van der Waals surface area contributed by atoms with Crippen LogP contribution in [-0.2, 0) is 4.74 Å². The first kappa shape index (κ1) is 15.4. The van der Waals surface area contributed by atoms with Crippen LogP contribution in [0.4, 0.5) is 0 Å². The van der Waals surface area contributed by atoms with Crippen molar-refractivity contribution >= 4 is 11.8 Å². The summed E-state index contributed by atoms with van der Waals surface area (Å²) in [5.74, 6) is 7.45. The third kappa shape index (κ3) is 3.28. The molecule has 2 aromatic rings. The van der Waals surface area contributed by atoms with Gasteiger partial charge in [-0.15, -0.1) is 10.2 Å². The van der Waals surface area contributed by atoms with Crippen molar-refractivity contribution in [1.82, 2.24) is 14.9 Å². The molecule has 1 aliphatic rings. The Balaban J connectivity index is 1.74.